The van der Waals surface area contributed by atoms with Crippen LogP contribution in [0.25, 0.3) is 0 Å². The third-order valence-corrected chi connectivity index (χ3v) is 5.33. The highest BCUT2D eigenvalue weighted by Crippen LogP contribution is 2.26. The molecule has 0 heterocycles. The molecule has 0 aromatic heterocycles. The van der Waals surface area contributed by atoms with E-state index in [0.29, 0.717) is 18.8 Å². The van der Waals surface area contributed by atoms with Crippen molar-refractivity contribution in [2.45, 2.75) is 31.6 Å². The number of nitrogens with one attached hydrogen (secondary N) is 1. The fourth-order valence-corrected chi connectivity index (χ4v) is 3.82. The molecule has 0 fully saturated rings. The van der Waals surface area contributed by atoms with Gasteiger partial charge in [-0.25, -0.2) is 17.6 Å². The summed E-state index contributed by atoms with van der Waals surface area (Å²) in [6, 6.07) is 8.83. The number of anilines is 2. The largest absolute Gasteiger partial charge is 0.478 e. The molecule has 27 heavy (non-hydrogen) atoms. The molecule has 0 atom stereocenters. The van der Waals surface area contributed by atoms with E-state index in [9.17, 15) is 22.7 Å². The number of rotatable bonds is 9. The minimum Gasteiger partial charge on any atom is -0.478 e. The smallest absolute Gasteiger partial charge is 0.337 e. The number of aromatic carboxylic acids is 1. The quantitative estimate of drug-likeness (QED) is 0.672. The van der Waals surface area contributed by atoms with Gasteiger partial charge >= 0.3 is 5.97 Å². The lowest BCUT2D eigenvalue weighted by molar-refractivity contribution is 0.0697. The van der Waals surface area contributed by atoms with Crippen LogP contribution in [0.3, 0.4) is 0 Å². The minimum absolute atomic E-state index is 0.0243. The zero-order chi connectivity index (χ0) is 20.0. The van der Waals surface area contributed by atoms with E-state index in [2.05, 4.69) is 4.72 Å². The molecule has 0 radical (unpaired) electrons. The summed E-state index contributed by atoms with van der Waals surface area (Å²) in [6.45, 7) is 5.42. The summed E-state index contributed by atoms with van der Waals surface area (Å²) >= 11 is 0. The second-order valence-electron chi connectivity index (χ2n) is 6.08. The fourth-order valence-electron chi connectivity index (χ4n) is 2.77. The van der Waals surface area contributed by atoms with E-state index in [4.69, 9.17) is 0 Å². The van der Waals surface area contributed by atoms with Crippen molar-refractivity contribution in [3.63, 3.8) is 0 Å². The monoisotopic (exact) mass is 394 g/mol. The normalized spacial score (nSPS) is 11.2. The Morgan fingerprint density at radius 3 is 2.19 bits per heavy atom. The lowest BCUT2D eigenvalue weighted by Crippen LogP contribution is -2.27. The topological polar surface area (TPSA) is 86.7 Å². The molecule has 2 aromatic carbocycles. The molecule has 0 saturated carbocycles. The standard InChI is InChI=1S/C19H23FN2O4S/c1-3-11-22(12-4-2)18-10-7-15(13-17(18)19(23)24)21-27(25,26)16-8-5-14(20)6-9-16/h5-10,13,21H,3-4,11-12H2,1-2H3,(H,23,24). The van der Waals surface area contributed by atoms with Crippen LogP contribution in [-0.4, -0.2) is 32.6 Å². The van der Waals surface area contributed by atoms with E-state index in [1.54, 1.807) is 6.07 Å². The van der Waals surface area contributed by atoms with Crippen LogP contribution in [-0.2, 0) is 10.0 Å². The molecule has 0 aliphatic carbocycles. The lowest BCUT2D eigenvalue weighted by atomic mass is 10.1. The van der Waals surface area contributed by atoms with E-state index in [-0.39, 0.29) is 16.1 Å². The van der Waals surface area contributed by atoms with Gasteiger partial charge in [0.2, 0.25) is 0 Å². The second kappa shape index (κ2) is 8.85. The zero-order valence-corrected chi connectivity index (χ0v) is 16.1. The molecule has 0 unspecified atom stereocenters. The van der Waals surface area contributed by atoms with E-state index in [0.717, 1.165) is 37.1 Å². The number of benzene rings is 2. The molecule has 2 N–H and O–H groups in total. The maximum absolute atomic E-state index is 13.0. The van der Waals surface area contributed by atoms with Crippen molar-refractivity contribution < 1.29 is 22.7 Å². The Bertz CT molecular complexity index is 892. The number of carboxylic acid groups (broad SMARTS) is 1. The van der Waals surface area contributed by atoms with Crippen molar-refractivity contribution in [2.75, 3.05) is 22.7 Å². The van der Waals surface area contributed by atoms with Gasteiger partial charge in [-0.3, -0.25) is 4.72 Å². The molecule has 2 rings (SSSR count). The van der Waals surface area contributed by atoms with Gasteiger partial charge in [-0.05, 0) is 55.3 Å². The van der Waals surface area contributed by atoms with Gasteiger partial charge in [0.1, 0.15) is 5.82 Å². The van der Waals surface area contributed by atoms with Gasteiger partial charge in [-0.2, -0.15) is 0 Å². The first kappa shape index (κ1) is 20.7. The SMILES string of the molecule is CCCN(CCC)c1ccc(NS(=O)(=O)c2ccc(F)cc2)cc1C(=O)O. The Kier molecular flexibility index (Phi) is 6.79. The molecule has 8 heteroatoms. The highest BCUT2D eigenvalue weighted by atomic mass is 32.2. The van der Waals surface area contributed by atoms with Crippen LogP contribution in [0, 0.1) is 5.82 Å². The van der Waals surface area contributed by atoms with Crippen molar-refractivity contribution >= 4 is 27.4 Å². The predicted molar refractivity (Wildman–Crippen MR) is 103 cm³/mol. The van der Waals surface area contributed by atoms with Gasteiger partial charge in [0, 0.05) is 18.8 Å². The molecule has 0 bridgehead atoms. The number of carbonyl (C=O) groups is 1. The molecular formula is C19H23FN2O4S. The summed E-state index contributed by atoms with van der Waals surface area (Å²) in [5, 5.41) is 9.58. The third-order valence-electron chi connectivity index (χ3n) is 3.93. The Balaban J connectivity index is 2.37. The number of hydrogen-bond donors (Lipinski definition) is 2. The maximum Gasteiger partial charge on any atom is 0.337 e. The summed E-state index contributed by atoms with van der Waals surface area (Å²) in [5.41, 5.74) is 0.709. The van der Waals surface area contributed by atoms with Gasteiger partial charge in [-0.1, -0.05) is 13.8 Å². The van der Waals surface area contributed by atoms with Crippen LogP contribution in [0.5, 0.6) is 0 Å². The van der Waals surface area contributed by atoms with Crippen molar-refractivity contribution in [1.82, 2.24) is 0 Å². The average Bonchev–Trinajstić information content (AvgIpc) is 2.61. The Morgan fingerprint density at radius 2 is 1.67 bits per heavy atom. The number of hydrogen-bond acceptors (Lipinski definition) is 4. The lowest BCUT2D eigenvalue weighted by Gasteiger charge is -2.25. The van der Waals surface area contributed by atoms with E-state index in [1.807, 2.05) is 18.7 Å². The summed E-state index contributed by atoms with van der Waals surface area (Å²) in [5.74, 6) is -1.68. The summed E-state index contributed by atoms with van der Waals surface area (Å²) in [6.07, 6.45) is 1.72. The van der Waals surface area contributed by atoms with E-state index < -0.39 is 21.8 Å². The second-order valence-corrected chi connectivity index (χ2v) is 7.77. The van der Waals surface area contributed by atoms with Gasteiger partial charge in [0.15, 0.2) is 0 Å². The molecule has 0 amide bonds. The maximum atomic E-state index is 13.0. The van der Waals surface area contributed by atoms with Gasteiger partial charge in [0.25, 0.3) is 10.0 Å². The number of halogens is 1. The molecule has 0 aliphatic heterocycles. The molecule has 6 nitrogen and oxygen atoms in total. The van der Waals surface area contributed by atoms with Crippen molar-refractivity contribution in [2.24, 2.45) is 0 Å². The van der Waals surface area contributed by atoms with E-state index in [1.165, 1.54) is 12.1 Å². The molecule has 146 valence electrons. The molecule has 0 aliphatic rings. The molecule has 0 saturated heterocycles. The van der Waals surface area contributed by atoms with Crippen molar-refractivity contribution in [3.8, 4) is 0 Å². The van der Waals surface area contributed by atoms with Crippen LogP contribution < -0.4 is 9.62 Å². The Hall–Kier alpha value is -2.61. The van der Waals surface area contributed by atoms with Crippen LogP contribution >= 0.6 is 0 Å². The zero-order valence-electron chi connectivity index (χ0n) is 15.3. The first-order chi connectivity index (χ1) is 12.8. The summed E-state index contributed by atoms with van der Waals surface area (Å²) < 4.78 is 40.2. The van der Waals surface area contributed by atoms with Crippen LogP contribution in [0.1, 0.15) is 37.0 Å². The van der Waals surface area contributed by atoms with Gasteiger partial charge < -0.3 is 10.0 Å². The highest BCUT2D eigenvalue weighted by Gasteiger charge is 2.19. The van der Waals surface area contributed by atoms with Crippen LogP contribution in [0.2, 0.25) is 0 Å². The van der Waals surface area contributed by atoms with Crippen molar-refractivity contribution in [1.29, 1.82) is 0 Å². The molecule has 2 aromatic rings. The average molecular weight is 394 g/mol. The first-order valence-corrected chi connectivity index (χ1v) is 10.2. The summed E-state index contributed by atoms with van der Waals surface area (Å²) in [7, 11) is -3.95. The first-order valence-electron chi connectivity index (χ1n) is 8.69. The third kappa shape index (κ3) is 5.19. The van der Waals surface area contributed by atoms with Crippen LogP contribution in [0.4, 0.5) is 15.8 Å². The predicted octanol–water partition coefficient (Wildman–Crippen LogP) is 3.95. The Labute approximate surface area is 158 Å². The molecule has 0 spiro atoms. The fraction of sp³-hybridized carbons (Fsp3) is 0.316. The molecular weight excluding hydrogens is 371 g/mol. The van der Waals surface area contributed by atoms with E-state index >= 15 is 0 Å². The van der Waals surface area contributed by atoms with Crippen molar-refractivity contribution in [3.05, 3.63) is 53.8 Å². The minimum atomic E-state index is -3.95. The number of nitrogens with zero attached hydrogens (tertiary/aromatic N) is 1. The highest BCUT2D eigenvalue weighted by molar-refractivity contribution is 7.92. The van der Waals surface area contributed by atoms with Gasteiger partial charge in [-0.15, -0.1) is 0 Å². The Morgan fingerprint density at radius 1 is 1.07 bits per heavy atom. The number of carboxylic acids is 1. The summed E-state index contributed by atoms with van der Waals surface area (Å²) in [4.78, 5) is 13.6. The van der Waals surface area contributed by atoms with Crippen LogP contribution in [0.15, 0.2) is 47.4 Å². The van der Waals surface area contributed by atoms with Gasteiger partial charge in [0.05, 0.1) is 16.1 Å². The number of sulfonamides is 1.